The van der Waals surface area contributed by atoms with Crippen molar-refractivity contribution in [3.05, 3.63) is 116 Å². The number of alkyl halides is 1. The van der Waals surface area contributed by atoms with E-state index < -0.39 is 7.82 Å². The molecule has 0 spiro atoms. The van der Waals surface area contributed by atoms with Crippen molar-refractivity contribution in [3.63, 3.8) is 0 Å². The molecular weight excluding hydrogens is 822 g/mol. The molecule has 7 rings (SSSR count). The van der Waals surface area contributed by atoms with Gasteiger partial charge in [0.1, 0.15) is 0 Å². The van der Waals surface area contributed by atoms with Crippen molar-refractivity contribution >= 4 is 29.4 Å². The van der Waals surface area contributed by atoms with Crippen molar-refractivity contribution in [2.45, 2.75) is 112 Å². The molecule has 1 N–H and O–H groups in total. The van der Waals surface area contributed by atoms with E-state index in [0.29, 0.717) is 17.4 Å². The summed E-state index contributed by atoms with van der Waals surface area (Å²) in [4.78, 5) is 12.0. The molecule has 1 aliphatic heterocycles. The summed E-state index contributed by atoms with van der Waals surface area (Å²) in [7, 11) is -4.74. The zero-order valence-electron chi connectivity index (χ0n) is 34.9. The third-order valence-electron chi connectivity index (χ3n) is 11.2. The Balaban J connectivity index is 1.70. The number of fused-ring (bicyclic) bond motifs is 7. The van der Waals surface area contributed by atoms with Gasteiger partial charge in [0.15, 0.2) is 0 Å². The van der Waals surface area contributed by atoms with Gasteiger partial charge in [-0.25, -0.2) is 0 Å². The van der Waals surface area contributed by atoms with Crippen molar-refractivity contribution in [1.29, 1.82) is 0 Å². The van der Waals surface area contributed by atoms with Crippen LogP contribution in [0, 0.1) is 3.57 Å². The fourth-order valence-electron chi connectivity index (χ4n) is 8.38. The third-order valence-corrected chi connectivity index (χ3v) is 15.1. The Labute approximate surface area is 344 Å². The molecule has 56 heavy (non-hydrogen) atoms. The van der Waals surface area contributed by atoms with Crippen LogP contribution < -0.4 is 30.3 Å². The van der Waals surface area contributed by atoms with Gasteiger partial charge in [-0.2, -0.15) is 0 Å². The third kappa shape index (κ3) is 7.45. The van der Waals surface area contributed by atoms with Crippen LogP contribution in [0.3, 0.4) is 0 Å². The summed E-state index contributed by atoms with van der Waals surface area (Å²) in [6, 6.07) is 30.6. The predicted octanol–water partition coefficient (Wildman–Crippen LogP) is 12.2. The molecule has 0 bridgehead atoms. The molecule has 4 nitrogen and oxygen atoms in total. The van der Waals surface area contributed by atoms with Gasteiger partial charge in [0.25, 0.3) is 0 Å². The van der Waals surface area contributed by atoms with Crippen LogP contribution in [0.25, 0.3) is 54.9 Å². The average Bonchev–Trinajstić information content (AvgIpc) is 3.28. The van der Waals surface area contributed by atoms with Crippen LogP contribution in [-0.4, -0.2) is 9.32 Å². The summed E-state index contributed by atoms with van der Waals surface area (Å²) >= 11 is -0.139. The Bertz CT molecular complexity index is 2450. The zero-order valence-corrected chi connectivity index (χ0v) is 37.9. The van der Waals surface area contributed by atoms with Crippen molar-refractivity contribution in [3.8, 4) is 44.9 Å². The molecule has 0 fully saturated rings. The molecule has 1 atom stereocenters. The van der Waals surface area contributed by atoms with Gasteiger partial charge in [-0.1, -0.05) is 53.7 Å². The summed E-state index contributed by atoms with van der Waals surface area (Å²) in [5, 5.41) is 3.97. The standard InChI is InChI=1S/C50H57IO4P/c1-12-21-51-36-26-41(31(8)9)46(42(27-36)32(10)11)44-23-34-18-14-16-20-38(34)48-47-37-19-15-13-17-33(37)22-43(49(47)54-56(52,53)55-50(44)48)45-39(29(4)5)24-35(28(2)3)25-40(45)30(6)7/h13-20,22-32H,12,21H2,1-11H3,(H,52,53)/q-1. The van der Waals surface area contributed by atoms with Crippen molar-refractivity contribution < 1.29 is 39.7 Å². The number of hydrogen-bond donors (Lipinski definition) is 1. The van der Waals surface area contributed by atoms with Crippen molar-refractivity contribution in [1.82, 2.24) is 0 Å². The molecule has 0 aliphatic carbocycles. The van der Waals surface area contributed by atoms with Crippen LogP contribution in [0.2, 0.25) is 0 Å². The minimum atomic E-state index is -4.74. The van der Waals surface area contributed by atoms with E-state index in [4.69, 9.17) is 9.05 Å². The Hall–Kier alpha value is -3.64. The second-order valence-electron chi connectivity index (χ2n) is 17.0. The van der Waals surface area contributed by atoms with Gasteiger partial charge in [0.05, 0.1) is 0 Å². The van der Waals surface area contributed by atoms with E-state index in [0.717, 1.165) is 54.9 Å². The summed E-state index contributed by atoms with van der Waals surface area (Å²) in [5.41, 5.74) is 11.6. The number of phosphoric acid groups is 1. The minimum absolute atomic E-state index is 0.139. The molecule has 1 heterocycles. The maximum atomic E-state index is 14.7. The first kappa shape index (κ1) is 40.6. The van der Waals surface area contributed by atoms with E-state index in [1.165, 1.54) is 42.2 Å². The van der Waals surface area contributed by atoms with Crippen LogP contribution in [0.15, 0.2) is 84.9 Å². The first-order valence-corrected chi connectivity index (χ1v) is 24.5. The van der Waals surface area contributed by atoms with Gasteiger partial charge >= 0.3 is 270 Å². The molecule has 0 saturated carbocycles. The molecule has 6 aromatic rings. The Morgan fingerprint density at radius 2 is 0.946 bits per heavy atom. The first-order valence-electron chi connectivity index (χ1n) is 20.4. The van der Waals surface area contributed by atoms with Crippen molar-refractivity contribution in [2.24, 2.45) is 0 Å². The molecule has 0 radical (unpaired) electrons. The first-order chi connectivity index (χ1) is 26.6. The molecule has 0 saturated heterocycles. The monoisotopic (exact) mass is 879 g/mol. The Morgan fingerprint density at radius 1 is 0.554 bits per heavy atom. The molecule has 1 aliphatic rings. The summed E-state index contributed by atoms with van der Waals surface area (Å²) in [5.74, 6) is 1.96. The van der Waals surface area contributed by atoms with Crippen LogP contribution >= 0.6 is 7.82 Å². The molecule has 6 aromatic carbocycles. The van der Waals surface area contributed by atoms with Gasteiger partial charge in [-0.15, -0.1) is 0 Å². The molecule has 0 amide bonds. The van der Waals surface area contributed by atoms with Crippen LogP contribution in [0.4, 0.5) is 0 Å². The number of hydrogen-bond acceptors (Lipinski definition) is 3. The number of rotatable bonds is 10. The normalized spacial score (nSPS) is 15.6. The number of halogens is 1. The molecule has 0 aromatic heterocycles. The molecule has 294 valence electrons. The predicted molar refractivity (Wildman–Crippen MR) is 233 cm³/mol. The van der Waals surface area contributed by atoms with E-state index in [-0.39, 0.29) is 44.9 Å². The van der Waals surface area contributed by atoms with Crippen LogP contribution in [0.5, 0.6) is 11.5 Å². The summed E-state index contributed by atoms with van der Waals surface area (Å²) in [6.45, 7) is 24.7. The van der Waals surface area contributed by atoms with Gasteiger partial charge in [-0.05, 0) is 23.3 Å². The topological polar surface area (TPSA) is 55.8 Å². The van der Waals surface area contributed by atoms with Crippen molar-refractivity contribution in [2.75, 3.05) is 4.43 Å². The van der Waals surface area contributed by atoms with E-state index in [9.17, 15) is 9.46 Å². The number of phosphoric ester groups is 1. The molecule has 6 heteroatoms. The SMILES string of the molecule is CCC[I-]c1cc(C(C)C)c(-c2cc3ccccc3c3c2OP(=O)(O)Oc2c(-c4c(C(C)C)cc(C(C)C)cc4C(C)C)cc4ccccc4c2-3)c(C(C)C)c1. The van der Waals surface area contributed by atoms with Gasteiger partial charge < -0.3 is 0 Å². The molecular formula is C50H57IO4P-. The summed E-state index contributed by atoms with van der Waals surface area (Å²) < 4.78 is 30.4. The van der Waals surface area contributed by atoms with E-state index in [2.05, 4.69) is 149 Å². The van der Waals surface area contributed by atoms with Crippen LogP contribution in [-0.2, 0) is 4.57 Å². The van der Waals surface area contributed by atoms with E-state index in [1.54, 1.807) is 0 Å². The van der Waals surface area contributed by atoms with Gasteiger partial charge in [0, 0.05) is 0 Å². The number of benzene rings is 6. The second-order valence-corrected chi connectivity index (χ2v) is 21.4. The fourth-order valence-corrected chi connectivity index (χ4v) is 11.5. The quantitative estimate of drug-likeness (QED) is 0.0846. The zero-order chi connectivity index (χ0) is 40.2. The Kier molecular flexibility index (Phi) is 11.6. The molecule has 1 unspecified atom stereocenters. The fraction of sp³-hybridized carbons (Fsp3) is 0.360. The van der Waals surface area contributed by atoms with E-state index >= 15 is 0 Å². The van der Waals surface area contributed by atoms with E-state index in [1.807, 2.05) is 12.1 Å². The van der Waals surface area contributed by atoms with Gasteiger partial charge in [-0.3, -0.25) is 0 Å². The maximum absolute atomic E-state index is 14.7. The average molecular weight is 880 g/mol. The van der Waals surface area contributed by atoms with Crippen LogP contribution in [0.1, 0.15) is 140 Å². The summed E-state index contributed by atoms with van der Waals surface area (Å²) in [6.07, 6.45) is 1.18. The second kappa shape index (κ2) is 16.0. The van der Waals surface area contributed by atoms with Gasteiger partial charge in [0.2, 0.25) is 0 Å². The Morgan fingerprint density at radius 3 is 1.32 bits per heavy atom.